The van der Waals surface area contributed by atoms with Gasteiger partial charge in [-0.3, -0.25) is 4.98 Å². The molecule has 0 aliphatic rings. The van der Waals surface area contributed by atoms with Gasteiger partial charge in [-0.1, -0.05) is 6.07 Å². The fraction of sp³-hybridized carbons (Fsp3) is 0.333. The fourth-order valence-electron chi connectivity index (χ4n) is 1.15. The molecule has 1 rings (SSSR count). The highest BCUT2D eigenvalue weighted by Gasteiger charge is 2.32. The summed E-state index contributed by atoms with van der Waals surface area (Å²) in [4.78, 5) is 14.7. The van der Waals surface area contributed by atoms with Crippen molar-refractivity contribution in [3.8, 4) is 0 Å². The fourth-order valence-corrected chi connectivity index (χ4v) is 1.15. The van der Waals surface area contributed by atoms with Crippen molar-refractivity contribution in [3.63, 3.8) is 0 Å². The van der Waals surface area contributed by atoms with Gasteiger partial charge in [0, 0.05) is 11.8 Å². The molecule has 0 amide bonds. The number of hydrogen-bond donors (Lipinski definition) is 3. The smallest absolute Gasteiger partial charge is 0.328 e. The summed E-state index contributed by atoms with van der Waals surface area (Å²) in [6.45, 7) is 1.04. The maximum Gasteiger partial charge on any atom is 0.328 e. The minimum atomic E-state index is -1.52. The summed E-state index contributed by atoms with van der Waals surface area (Å²) in [6.07, 6.45) is 1.48. The molecule has 1 unspecified atom stereocenters. The Bertz CT molecular complexity index is 350. The van der Waals surface area contributed by atoms with Gasteiger partial charge in [-0.05, 0) is 13.0 Å². The normalized spacial score (nSPS) is 14.8. The minimum absolute atomic E-state index is 0.292. The van der Waals surface area contributed by atoms with E-state index in [0.717, 1.165) is 0 Å². The van der Waals surface area contributed by atoms with E-state index in [4.69, 9.17) is 15.9 Å². The van der Waals surface area contributed by atoms with Crippen LogP contribution in [0.15, 0.2) is 18.3 Å². The van der Waals surface area contributed by atoms with Crippen LogP contribution in [0.4, 0.5) is 0 Å². The van der Waals surface area contributed by atoms with Crippen LogP contribution in [0.25, 0.3) is 0 Å². The molecular formula is C9H12N2O3. The second-order valence-electron chi connectivity index (χ2n) is 3.16. The van der Waals surface area contributed by atoms with Gasteiger partial charge in [-0.15, -0.1) is 0 Å². The van der Waals surface area contributed by atoms with Crippen LogP contribution < -0.4 is 5.73 Å². The molecule has 1 aromatic heterocycles. The first-order chi connectivity index (χ1) is 6.50. The quantitative estimate of drug-likeness (QED) is 0.623. The Labute approximate surface area is 81.2 Å². The number of pyridine rings is 1. The number of carboxylic acids is 1. The molecule has 0 aromatic carbocycles. The topological polar surface area (TPSA) is 96.4 Å². The lowest BCUT2D eigenvalue weighted by Gasteiger charge is -2.21. The highest BCUT2D eigenvalue weighted by molar-refractivity contribution is 5.80. The van der Waals surface area contributed by atoms with E-state index in [1.54, 1.807) is 12.1 Å². The molecule has 76 valence electrons. The third-order valence-electron chi connectivity index (χ3n) is 2.04. The van der Waals surface area contributed by atoms with Gasteiger partial charge in [0.25, 0.3) is 0 Å². The lowest BCUT2D eigenvalue weighted by molar-refractivity contribution is -0.143. The number of carboxylic acid groups (broad SMARTS) is 1. The predicted molar refractivity (Wildman–Crippen MR) is 49.3 cm³/mol. The van der Waals surface area contributed by atoms with Crippen molar-refractivity contribution in [3.05, 3.63) is 29.6 Å². The van der Waals surface area contributed by atoms with Crippen molar-refractivity contribution in [2.75, 3.05) is 0 Å². The first-order valence-corrected chi connectivity index (χ1v) is 4.07. The lowest BCUT2D eigenvalue weighted by atomic mass is 9.92. The molecule has 0 fully saturated rings. The van der Waals surface area contributed by atoms with Gasteiger partial charge < -0.3 is 15.9 Å². The summed E-state index contributed by atoms with van der Waals surface area (Å²) in [5, 5.41) is 17.8. The van der Waals surface area contributed by atoms with Gasteiger partial charge in [0.15, 0.2) is 0 Å². The number of aromatic nitrogens is 1. The lowest BCUT2D eigenvalue weighted by Crippen LogP contribution is -2.42. The SMILES string of the molecule is CC(N)(C(=O)O)c1cccnc1CO. The molecular weight excluding hydrogens is 184 g/mol. The third-order valence-corrected chi connectivity index (χ3v) is 2.04. The Morgan fingerprint density at radius 1 is 1.71 bits per heavy atom. The van der Waals surface area contributed by atoms with Crippen molar-refractivity contribution in [1.82, 2.24) is 4.98 Å². The predicted octanol–water partition coefficient (Wildman–Crippen LogP) is -0.168. The van der Waals surface area contributed by atoms with Crippen LogP contribution in [-0.4, -0.2) is 21.2 Å². The average molecular weight is 196 g/mol. The molecule has 0 spiro atoms. The molecule has 0 aliphatic heterocycles. The zero-order valence-electron chi connectivity index (χ0n) is 7.77. The standard InChI is InChI=1S/C9H12N2O3/c1-9(10,8(13)14)6-3-2-4-11-7(6)5-12/h2-4,12H,5,10H2,1H3,(H,13,14). The maximum atomic E-state index is 10.9. The Hall–Kier alpha value is -1.46. The number of hydrogen-bond acceptors (Lipinski definition) is 4. The van der Waals surface area contributed by atoms with Crippen LogP contribution in [-0.2, 0) is 16.9 Å². The van der Waals surface area contributed by atoms with Crippen LogP contribution in [0.5, 0.6) is 0 Å². The Balaban J connectivity index is 3.24. The summed E-state index contributed by atoms with van der Waals surface area (Å²) in [6, 6.07) is 3.13. The molecule has 14 heavy (non-hydrogen) atoms. The zero-order valence-corrected chi connectivity index (χ0v) is 7.77. The monoisotopic (exact) mass is 196 g/mol. The molecule has 1 aromatic rings. The maximum absolute atomic E-state index is 10.9. The van der Waals surface area contributed by atoms with Crippen LogP contribution in [0.1, 0.15) is 18.2 Å². The van der Waals surface area contributed by atoms with Gasteiger partial charge in [-0.25, -0.2) is 4.79 Å². The molecule has 4 N–H and O–H groups in total. The van der Waals surface area contributed by atoms with E-state index >= 15 is 0 Å². The Kier molecular flexibility index (Phi) is 2.83. The third kappa shape index (κ3) is 1.73. The number of aliphatic carboxylic acids is 1. The second-order valence-corrected chi connectivity index (χ2v) is 3.16. The van der Waals surface area contributed by atoms with E-state index in [1.165, 1.54) is 13.1 Å². The van der Waals surface area contributed by atoms with E-state index in [2.05, 4.69) is 4.98 Å². The van der Waals surface area contributed by atoms with Crippen molar-refractivity contribution in [2.45, 2.75) is 19.1 Å². The molecule has 0 radical (unpaired) electrons. The van der Waals surface area contributed by atoms with Crippen LogP contribution in [0.3, 0.4) is 0 Å². The van der Waals surface area contributed by atoms with Crippen LogP contribution in [0, 0.1) is 0 Å². The highest BCUT2D eigenvalue weighted by Crippen LogP contribution is 2.20. The molecule has 1 atom stereocenters. The van der Waals surface area contributed by atoms with Gasteiger partial charge in [0.2, 0.25) is 0 Å². The van der Waals surface area contributed by atoms with Gasteiger partial charge in [-0.2, -0.15) is 0 Å². The number of nitrogens with zero attached hydrogens (tertiary/aromatic N) is 1. The summed E-state index contributed by atoms with van der Waals surface area (Å²) >= 11 is 0. The van der Waals surface area contributed by atoms with Crippen molar-refractivity contribution in [1.29, 1.82) is 0 Å². The van der Waals surface area contributed by atoms with E-state index in [0.29, 0.717) is 11.3 Å². The molecule has 0 aliphatic carbocycles. The summed E-state index contributed by atoms with van der Waals surface area (Å²) < 4.78 is 0. The molecule has 0 bridgehead atoms. The number of aliphatic hydroxyl groups is 1. The van der Waals surface area contributed by atoms with Crippen LogP contribution >= 0.6 is 0 Å². The summed E-state index contributed by atoms with van der Waals surface area (Å²) in [5.41, 5.74) is 4.71. The molecule has 5 nitrogen and oxygen atoms in total. The summed E-state index contributed by atoms with van der Waals surface area (Å²) in [5.74, 6) is -1.15. The van der Waals surface area contributed by atoms with E-state index < -0.39 is 11.5 Å². The minimum Gasteiger partial charge on any atom is -0.480 e. The first-order valence-electron chi connectivity index (χ1n) is 4.07. The Morgan fingerprint density at radius 2 is 2.36 bits per heavy atom. The number of rotatable bonds is 3. The largest absolute Gasteiger partial charge is 0.480 e. The van der Waals surface area contributed by atoms with E-state index in [1.807, 2.05) is 0 Å². The number of nitrogens with two attached hydrogens (primary N) is 1. The van der Waals surface area contributed by atoms with Gasteiger partial charge in [0.1, 0.15) is 5.54 Å². The van der Waals surface area contributed by atoms with Crippen molar-refractivity contribution >= 4 is 5.97 Å². The van der Waals surface area contributed by atoms with Crippen LogP contribution in [0.2, 0.25) is 0 Å². The van der Waals surface area contributed by atoms with Crippen molar-refractivity contribution < 1.29 is 15.0 Å². The number of aliphatic hydroxyl groups excluding tert-OH is 1. The Morgan fingerprint density at radius 3 is 2.86 bits per heavy atom. The summed E-state index contributed by atoms with van der Waals surface area (Å²) in [7, 11) is 0. The van der Waals surface area contributed by atoms with E-state index in [9.17, 15) is 4.79 Å². The van der Waals surface area contributed by atoms with Gasteiger partial charge in [0.05, 0.1) is 12.3 Å². The molecule has 0 saturated carbocycles. The second kappa shape index (κ2) is 3.73. The molecule has 0 saturated heterocycles. The molecule has 5 heteroatoms. The zero-order chi connectivity index (χ0) is 10.8. The first kappa shape index (κ1) is 10.6. The highest BCUT2D eigenvalue weighted by atomic mass is 16.4. The number of carbonyl (C=O) groups is 1. The van der Waals surface area contributed by atoms with E-state index in [-0.39, 0.29) is 6.61 Å². The van der Waals surface area contributed by atoms with Crippen molar-refractivity contribution in [2.24, 2.45) is 5.73 Å². The molecule has 1 heterocycles. The average Bonchev–Trinajstić information content (AvgIpc) is 2.17. The van der Waals surface area contributed by atoms with Gasteiger partial charge >= 0.3 is 5.97 Å².